The van der Waals surface area contributed by atoms with Crippen LogP contribution in [0.3, 0.4) is 0 Å². The molecular weight excluding hydrogens is 122 g/mol. The van der Waals surface area contributed by atoms with E-state index in [-0.39, 0.29) is 0 Å². The topological polar surface area (TPSA) is 26.0 Å². The van der Waals surface area contributed by atoms with Gasteiger partial charge in [-0.2, -0.15) is 0 Å². The summed E-state index contributed by atoms with van der Waals surface area (Å²) in [6.07, 6.45) is 7.00. The van der Waals surface area contributed by atoms with Gasteiger partial charge in [-0.05, 0) is 31.2 Å². The molecule has 60 valence electrons. The molecule has 0 aromatic carbocycles. The number of nitrogens with two attached hydrogens (primary N) is 1. The molecule has 0 aromatic rings. The van der Waals surface area contributed by atoms with Crippen LogP contribution in [-0.2, 0) is 0 Å². The van der Waals surface area contributed by atoms with Crippen LogP contribution in [0.1, 0.15) is 39.0 Å². The molecule has 1 aliphatic rings. The van der Waals surface area contributed by atoms with Crippen LogP contribution in [0.2, 0.25) is 0 Å². The molecule has 2 N–H and O–H groups in total. The standard InChI is InChI=1S/C9H19N/c1-8-3-2-4-9(7-8)5-6-10/h8-9H,2-7,10H2,1H3/t8-,9-/m1/s1. The maximum Gasteiger partial charge on any atom is -0.00746 e. The highest BCUT2D eigenvalue weighted by molar-refractivity contribution is 4.70. The van der Waals surface area contributed by atoms with E-state index in [0.717, 1.165) is 18.4 Å². The smallest absolute Gasteiger partial charge is 0.00746 e. The van der Waals surface area contributed by atoms with Gasteiger partial charge in [-0.15, -0.1) is 0 Å². The van der Waals surface area contributed by atoms with E-state index in [4.69, 9.17) is 5.73 Å². The fourth-order valence-electron chi connectivity index (χ4n) is 2.06. The monoisotopic (exact) mass is 141 g/mol. The molecule has 1 nitrogen and oxygen atoms in total. The summed E-state index contributed by atoms with van der Waals surface area (Å²) in [5.41, 5.74) is 5.50. The first-order valence-corrected chi connectivity index (χ1v) is 4.53. The summed E-state index contributed by atoms with van der Waals surface area (Å²) in [6.45, 7) is 3.25. The van der Waals surface area contributed by atoms with Crippen molar-refractivity contribution >= 4 is 0 Å². The molecule has 1 rings (SSSR count). The quantitative estimate of drug-likeness (QED) is 0.626. The Morgan fingerprint density at radius 2 is 2.20 bits per heavy atom. The van der Waals surface area contributed by atoms with Gasteiger partial charge in [0.1, 0.15) is 0 Å². The maximum atomic E-state index is 5.50. The van der Waals surface area contributed by atoms with Gasteiger partial charge in [0.2, 0.25) is 0 Å². The van der Waals surface area contributed by atoms with Gasteiger partial charge in [-0.3, -0.25) is 0 Å². The Morgan fingerprint density at radius 1 is 1.40 bits per heavy atom. The molecule has 0 saturated heterocycles. The van der Waals surface area contributed by atoms with Crippen molar-refractivity contribution in [2.45, 2.75) is 39.0 Å². The van der Waals surface area contributed by atoms with Crippen LogP contribution in [0.5, 0.6) is 0 Å². The van der Waals surface area contributed by atoms with Gasteiger partial charge in [0.15, 0.2) is 0 Å². The number of hydrogen-bond acceptors (Lipinski definition) is 1. The lowest BCUT2D eigenvalue weighted by Crippen LogP contribution is -2.16. The summed E-state index contributed by atoms with van der Waals surface area (Å²) in [6, 6.07) is 0. The van der Waals surface area contributed by atoms with Crippen molar-refractivity contribution in [1.82, 2.24) is 0 Å². The number of hydrogen-bond donors (Lipinski definition) is 1. The van der Waals surface area contributed by atoms with Crippen molar-refractivity contribution in [1.29, 1.82) is 0 Å². The Hall–Kier alpha value is -0.0400. The van der Waals surface area contributed by atoms with Crippen LogP contribution in [0.15, 0.2) is 0 Å². The van der Waals surface area contributed by atoms with Crippen LogP contribution in [-0.4, -0.2) is 6.54 Å². The molecule has 2 atom stereocenters. The van der Waals surface area contributed by atoms with Crippen molar-refractivity contribution in [3.05, 3.63) is 0 Å². The predicted octanol–water partition coefficient (Wildman–Crippen LogP) is 2.16. The normalized spacial score (nSPS) is 34.2. The minimum atomic E-state index is 0.886. The van der Waals surface area contributed by atoms with E-state index >= 15 is 0 Å². The summed E-state index contributed by atoms with van der Waals surface area (Å²) in [5, 5.41) is 0. The first-order valence-electron chi connectivity index (χ1n) is 4.53. The highest BCUT2D eigenvalue weighted by atomic mass is 14.5. The third kappa shape index (κ3) is 2.30. The molecule has 0 aromatic heterocycles. The Labute approximate surface area is 64.0 Å². The van der Waals surface area contributed by atoms with Crippen molar-refractivity contribution in [3.8, 4) is 0 Å². The van der Waals surface area contributed by atoms with Crippen LogP contribution < -0.4 is 5.73 Å². The van der Waals surface area contributed by atoms with Gasteiger partial charge in [0.05, 0.1) is 0 Å². The average Bonchev–Trinajstić information content (AvgIpc) is 1.88. The Balaban J connectivity index is 2.18. The summed E-state index contributed by atoms with van der Waals surface area (Å²) in [5.74, 6) is 1.92. The van der Waals surface area contributed by atoms with Crippen molar-refractivity contribution in [3.63, 3.8) is 0 Å². The van der Waals surface area contributed by atoms with Crippen molar-refractivity contribution < 1.29 is 0 Å². The minimum absolute atomic E-state index is 0.886. The first-order chi connectivity index (χ1) is 4.83. The van der Waals surface area contributed by atoms with E-state index in [1.807, 2.05) is 0 Å². The molecular formula is C9H19N. The Kier molecular flexibility index (Phi) is 3.20. The Bertz CT molecular complexity index is 88.7. The second-order valence-electron chi connectivity index (χ2n) is 3.72. The van der Waals surface area contributed by atoms with Gasteiger partial charge >= 0.3 is 0 Å². The first kappa shape index (κ1) is 8.06. The third-order valence-corrected chi connectivity index (χ3v) is 2.62. The van der Waals surface area contributed by atoms with E-state index in [0.29, 0.717) is 0 Å². The zero-order valence-electron chi connectivity index (χ0n) is 6.97. The number of rotatable bonds is 2. The largest absolute Gasteiger partial charge is 0.330 e. The molecule has 0 unspecified atom stereocenters. The zero-order chi connectivity index (χ0) is 7.40. The van der Waals surface area contributed by atoms with Crippen molar-refractivity contribution in [2.75, 3.05) is 6.54 Å². The highest BCUT2D eigenvalue weighted by Crippen LogP contribution is 2.29. The molecule has 0 aliphatic heterocycles. The van der Waals surface area contributed by atoms with E-state index < -0.39 is 0 Å². The zero-order valence-corrected chi connectivity index (χ0v) is 6.97. The van der Waals surface area contributed by atoms with Gasteiger partial charge in [0, 0.05) is 0 Å². The molecule has 1 fully saturated rings. The third-order valence-electron chi connectivity index (χ3n) is 2.62. The van der Waals surface area contributed by atoms with Crippen LogP contribution in [0.4, 0.5) is 0 Å². The lowest BCUT2D eigenvalue weighted by molar-refractivity contribution is 0.272. The van der Waals surface area contributed by atoms with Crippen LogP contribution >= 0.6 is 0 Å². The lowest BCUT2D eigenvalue weighted by Gasteiger charge is -2.25. The summed E-state index contributed by atoms with van der Waals surface area (Å²) >= 11 is 0. The summed E-state index contributed by atoms with van der Waals surface area (Å²) in [7, 11) is 0. The van der Waals surface area contributed by atoms with Gasteiger partial charge in [-0.25, -0.2) is 0 Å². The van der Waals surface area contributed by atoms with E-state index in [2.05, 4.69) is 6.92 Å². The minimum Gasteiger partial charge on any atom is -0.330 e. The maximum absolute atomic E-state index is 5.50. The molecule has 1 heteroatoms. The highest BCUT2D eigenvalue weighted by Gasteiger charge is 2.17. The molecule has 0 bridgehead atoms. The summed E-state index contributed by atoms with van der Waals surface area (Å²) < 4.78 is 0. The molecule has 0 amide bonds. The fourth-order valence-corrected chi connectivity index (χ4v) is 2.06. The second kappa shape index (κ2) is 3.97. The van der Waals surface area contributed by atoms with E-state index in [1.165, 1.54) is 32.1 Å². The molecule has 1 aliphatic carbocycles. The molecule has 0 radical (unpaired) electrons. The second-order valence-corrected chi connectivity index (χ2v) is 3.72. The van der Waals surface area contributed by atoms with Crippen LogP contribution in [0.25, 0.3) is 0 Å². The van der Waals surface area contributed by atoms with Gasteiger partial charge in [-0.1, -0.05) is 26.2 Å². The Morgan fingerprint density at radius 3 is 2.80 bits per heavy atom. The van der Waals surface area contributed by atoms with Crippen LogP contribution in [0, 0.1) is 11.8 Å². The van der Waals surface area contributed by atoms with E-state index in [9.17, 15) is 0 Å². The van der Waals surface area contributed by atoms with Gasteiger partial charge in [0.25, 0.3) is 0 Å². The molecule has 1 saturated carbocycles. The molecule has 0 heterocycles. The van der Waals surface area contributed by atoms with E-state index in [1.54, 1.807) is 0 Å². The predicted molar refractivity (Wildman–Crippen MR) is 44.8 cm³/mol. The fraction of sp³-hybridized carbons (Fsp3) is 1.00. The molecule has 10 heavy (non-hydrogen) atoms. The lowest BCUT2D eigenvalue weighted by atomic mass is 9.81. The average molecular weight is 141 g/mol. The summed E-state index contributed by atoms with van der Waals surface area (Å²) in [4.78, 5) is 0. The SMILES string of the molecule is C[C@@H]1CCC[C@H](CCN)C1. The molecule has 0 spiro atoms. The van der Waals surface area contributed by atoms with Gasteiger partial charge < -0.3 is 5.73 Å². The van der Waals surface area contributed by atoms with Crippen molar-refractivity contribution in [2.24, 2.45) is 17.6 Å².